The molecule has 0 radical (unpaired) electrons. The van der Waals surface area contributed by atoms with Gasteiger partial charge in [0.1, 0.15) is 0 Å². The van der Waals surface area contributed by atoms with E-state index in [-0.39, 0.29) is 0 Å². The Morgan fingerprint density at radius 1 is 0.353 bits per heavy atom. The van der Waals surface area contributed by atoms with E-state index in [0.717, 1.165) is 66.1 Å². The lowest BCUT2D eigenvalue weighted by atomic mass is 9.89. The van der Waals surface area contributed by atoms with Gasteiger partial charge in [-0.3, -0.25) is 0 Å². The summed E-state index contributed by atoms with van der Waals surface area (Å²) in [6.45, 7) is 0. The molecule has 34 heavy (non-hydrogen) atoms. The largest absolute Gasteiger partial charge is 0.115 e. The first-order chi connectivity index (χ1) is 16.7. The molecule has 0 atom stereocenters. The van der Waals surface area contributed by atoms with Gasteiger partial charge in [0.2, 0.25) is 0 Å². The van der Waals surface area contributed by atoms with Gasteiger partial charge >= 0.3 is 0 Å². The van der Waals surface area contributed by atoms with Crippen molar-refractivity contribution in [2.45, 2.75) is 0 Å². The van der Waals surface area contributed by atoms with Crippen LogP contribution >= 0.6 is 0 Å². The Balaban J connectivity index is 1.74. The molecule has 0 spiro atoms. The second kappa shape index (κ2) is 8.42. The Morgan fingerprint density at radius 3 is 1.09 bits per heavy atom. The number of hydrogen-bond acceptors (Lipinski definition) is 0. The highest BCUT2D eigenvalue weighted by atomic mass is 14.2. The van der Waals surface area contributed by atoms with Crippen LogP contribution in [-0.4, -0.2) is 0 Å². The van der Waals surface area contributed by atoms with Crippen molar-refractivity contribution in [2.75, 3.05) is 0 Å². The first-order valence-corrected chi connectivity index (χ1v) is 10.8. The monoisotopic (exact) mass is 426 g/mol. The van der Waals surface area contributed by atoms with Crippen molar-refractivity contribution in [3.05, 3.63) is 107 Å². The smallest absolute Gasteiger partial charge is 0.0327 e. The standard InChI is InChI=1S/C34H18/c1-5-23-11-9-13-31-29(23)21-19-25(7-3)33(31)27-15-17-28(18-16-27)34-26(8-4)20-22-30-24(6-2)12-10-14-32(30)34/h1-4,9-22H. The Morgan fingerprint density at radius 2 is 0.735 bits per heavy atom. The van der Waals surface area contributed by atoms with E-state index < -0.39 is 0 Å². The van der Waals surface area contributed by atoms with Crippen molar-refractivity contribution in [1.29, 1.82) is 0 Å². The highest BCUT2D eigenvalue weighted by Crippen LogP contribution is 2.37. The van der Waals surface area contributed by atoms with Gasteiger partial charge in [0.25, 0.3) is 0 Å². The third kappa shape index (κ3) is 3.21. The maximum absolute atomic E-state index is 5.87. The van der Waals surface area contributed by atoms with Crippen LogP contribution in [0.4, 0.5) is 0 Å². The number of hydrogen-bond donors (Lipinski definition) is 0. The first-order valence-electron chi connectivity index (χ1n) is 10.8. The summed E-state index contributed by atoms with van der Waals surface area (Å²) >= 11 is 0. The Labute approximate surface area is 200 Å². The number of rotatable bonds is 2. The third-order valence-electron chi connectivity index (χ3n) is 6.21. The molecular formula is C34H18. The van der Waals surface area contributed by atoms with Crippen molar-refractivity contribution in [3.63, 3.8) is 0 Å². The van der Waals surface area contributed by atoms with Crippen LogP contribution in [0.1, 0.15) is 22.3 Å². The van der Waals surface area contributed by atoms with E-state index in [9.17, 15) is 0 Å². The minimum Gasteiger partial charge on any atom is -0.115 e. The summed E-state index contributed by atoms with van der Waals surface area (Å²) in [6.07, 6.45) is 23.2. The molecule has 5 aromatic carbocycles. The topological polar surface area (TPSA) is 0 Å². The molecule has 0 aromatic heterocycles. The molecule has 0 aliphatic rings. The molecule has 5 rings (SSSR count). The molecule has 0 N–H and O–H groups in total. The quantitative estimate of drug-likeness (QED) is 0.261. The van der Waals surface area contributed by atoms with E-state index in [4.69, 9.17) is 25.7 Å². The van der Waals surface area contributed by atoms with Crippen LogP contribution in [0.3, 0.4) is 0 Å². The molecule has 5 aromatic rings. The van der Waals surface area contributed by atoms with Gasteiger partial charge < -0.3 is 0 Å². The lowest BCUT2D eigenvalue weighted by molar-refractivity contribution is 1.59. The molecular weight excluding hydrogens is 408 g/mol. The molecule has 0 aliphatic heterocycles. The van der Waals surface area contributed by atoms with Crippen LogP contribution in [0, 0.1) is 49.4 Å². The van der Waals surface area contributed by atoms with E-state index in [2.05, 4.69) is 60.1 Å². The van der Waals surface area contributed by atoms with Crippen LogP contribution in [0.5, 0.6) is 0 Å². The second-order valence-electron chi connectivity index (χ2n) is 7.93. The summed E-state index contributed by atoms with van der Waals surface area (Å²) in [4.78, 5) is 0. The average molecular weight is 427 g/mol. The van der Waals surface area contributed by atoms with E-state index in [1.54, 1.807) is 0 Å². The van der Waals surface area contributed by atoms with Crippen molar-refractivity contribution >= 4 is 21.5 Å². The van der Waals surface area contributed by atoms with Gasteiger partial charge in [0, 0.05) is 33.4 Å². The van der Waals surface area contributed by atoms with Crippen LogP contribution in [0.15, 0.2) is 84.9 Å². The van der Waals surface area contributed by atoms with Crippen molar-refractivity contribution < 1.29 is 0 Å². The van der Waals surface area contributed by atoms with Gasteiger partial charge in [0.15, 0.2) is 0 Å². The Hall–Kier alpha value is -5.14. The molecule has 0 saturated heterocycles. The van der Waals surface area contributed by atoms with Crippen molar-refractivity contribution in [2.24, 2.45) is 0 Å². The zero-order chi connectivity index (χ0) is 23.7. The van der Waals surface area contributed by atoms with Gasteiger partial charge in [-0.05, 0) is 56.9 Å². The maximum atomic E-state index is 5.87. The van der Waals surface area contributed by atoms with Crippen LogP contribution in [0.25, 0.3) is 43.8 Å². The molecule has 0 unspecified atom stereocenters. The lowest BCUT2D eigenvalue weighted by Gasteiger charge is -2.14. The normalized spacial score (nSPS) is 10.2. The zero-order valence-corrected chi connectivity index (χ0v) is 18.4. The fraction of sp³-hybridized carbons (Fsp3) is 0. The Kier molecular flexibility index (Phi) is 5.14. The van der Waals surface area contributed by atoms with Crippen molar-refractivity contribution in [3.8, 4) is 71.6 Å². The summed E-state index contributed by atoms with van der Waals surface area (Å²) in [5.41, 5.74) is 7.36. The molecule has 0 heterocycles. The summed E-state index contributed by atoms with van der Waals surface area (Å²) in [5, 5.41) is 4.08. The number of fused-ring (bicyclic) bond motifs is 2. The fourth-order valence-electron chi connectivity index (χ4n) is 4.63. The lowest BCUT2D eigenvalue weighted by Crippen LogP contribution is -1.91. The van der Waals surface area contributed by atoms with Gasteiger partial charge in [-0.2, -0.15) is 0 Å². The highest BCUT2D eigenvalue weighted by Gasteiger charge is 2.14. The summed E-state index contributed by atoms with van der Waals surface area (Å²) < 4.78 is 0. The molecule has 0 heteroatoms. The molecule has 154 valence electrons. The van der Waals surface area contributed by atoms with Crippen LogP contribution in [-0.2, 0) is 0 Å². The minimum atomic E-state index is 0.822. The molecule has 0 saturated carbocycles. The number of terminal acetylenes is 4. The van der Waals surface area contributed by atoms with Gasteiger partial charge in [-0.15, -0.1) is 25.7 Å². The first kappa shape index (κ1) is 20.7. The minimum absolute atomic E-state index is 0.822. The van der Waals surface area contributed by atoms with Crippen LogP contribution < -0.4 is 0 Å². The Bertz CT molecular complexity index is 1630. The zero-order valence-electron chi connectivity index (χ0n) is 18.4. The molecule has 0 nitrogen and oxygen atoms in total. The second-order valence-corrected chi connectivity index (χ2v) is 7.93. The maximum Gasteiger partial charge on any atom is 0.0327 e. The molecule has 0 aliphatic carbocycles. The summed E-state index contributed by atoms with van der Waals surface area (Å²) in [5.74, 6) is 11.2. The number of benzene rings is 5. The van der Waals surface area contributed by atoms with Gasteiger partial charge in [-0.1, -0.05) is 84.3 Å². The molecule has 0 fully saturated rings. The van der Waals surface area contributed by atoms with Crippen LogP contribution in [0.2, 0.25) is 0 Å². The van der Waals surface area contributed by atoms with E-state index in [1.807, 2.05) is 48.5 Å². The van der Waals surface area contributed by atoms with E-state index >= 15 is 0 Å². The van der Waals surface area contributed by atoms with Gasteiger partial charge in [-0.25, -0.2) is 0 Å². The van der Waals surface area contributed by atoms with E-state index in [1.165, 1.54) is 0 Å². The van der Waals surface area contributed by atoms with E-state index in [0.29, 0.717) is 0 Å². The highest BCUT2D eigenvalue weighted by molar-refractivity contribution is 6.04. The average Bonchev–Trinajstić information content (AvgIpc) is 2.91. The third-order valence-corrected chi connectivity index (χ3v) is 6.21. The predicted octanol–water partition coefficient (Wildman–Crippen LogP) is 7.25. The summed E-state index contributed by atoms with van der Waals surface area (Å²) in [6, 6.07) is 28.2. The SMILES string of the molecule is C#Cc1ccc2c(C#C)cccc2c1-c1ccc(-c2c(C#C)ccc3c(C#C)cccc23)cc1. The molecule has 0 bridgehead atoms. The molecule has 0 amide bonds. The summed E-state index contributed by atoms with van der Waals surface area (Å²) in [7, 11) is 0. The van der Waals surface area contributed by atoms with Crippen molar-refractivity contribution in [1.82, 2.24) is 0 Å². The van der Waals surface area contributed by atoms with Gasteiger partial charge in [0.05, 0.1) is 0 Å². The predicted molar refractivity (Wildman–Crippen MR) is 144 cm³/mol. The fourth-order valence-corrected chi connectivity index (χ4v) is 4.63.